The molecule has 1 fully saturated rings. The van der Waals surface area contributed by atoms with Crippen molar-refractivity contribution in [3.05, 3.63) is 89.2 Å². The van der Waals surface area contributed by atoms with Gasteiger partial charge in [-0.1, -0.05) is 66.7 Å². The second-order valence-corrected chi connectivity index (χ2v) is 7.87. The van der Waals surface area contributed by atoms with Gasteiger partial charge in [-0.15, -0.1) is 0 Å². The van der Waals surface area contributed by atoms with E-state index in [4.69, 9.17) is 30.5 Å². The summed E-state index contributed by atoms with van der Waals surface area (Å²) in [5.74, 6) is 1.79. The second kappa shape index (κ2) is 11.9. The van der Waals surface area contributed by atoms with Crippen LogP contribution < -0.4 is 4.74 Å². The molecule has 0 N–H and O–H groups in total. The van der Waals surface area contributed by atoms with E-state index in [2.05, 4.69) is 24.8 Å². The first kappa shape index (κ1) is 23.4. The third-order valence-electron chi connectivity index (χ3n) is 5.31. The third-order valence-corrected chi connectivity index (χ3v) is 5.65. The van der Waals surface area contributed by atoms with Gasteiger partial charge in [0, 0.05) is 28.5 Å². The molecule has 1 heterocycles. The molecule has 1 aliphatic rings. The third kappa shape index (κ3) is 6.36. The van der Waals surface area contributed by atoms with Crippen LogP contribution in [0.5, 0.6) is 5.75 Å². The van der Waals surface area contributed by atoms with Crippen LogP contribution in [0.4, 0.5) is 0 Å². The molecule has 0 amide bonds. The maximum absolute atomic E-state index is 6.47. The van der Waals surface area contributed by atoms with Gasteiger partial charge in [-0.05, 0) is 31.9 Å². The SMILES string of the molecule is C=C(CC/C=C\C[C@@H]1COC(c2ccccc2Cl)O[C@@H]1c1ccccc1OC)OCC. The monoisotopic (exact) mass is 442 g/mol. The number of ether oxygens (including phenoxy) is 4. The van der Waals surface area contributed by atoms with Crippen molar-refractivity contribution in [3.8, 4) is 5.75 Å². The highest BCUT2D eigenvalue weighted by atomic mass is 35.5. The van der Waals surface area contributed by atoms with Gasteiger partial charge in [0.25, 0.3) is 0 Å². The molecule has 31 heavy (non-hydrogen) atoms. The number of hydrogen-bond acceptors (Lipinski definition) is 4. The zero-order valence-corrected chi connectivity index (χ0v) is 19.0. The molecule has 4 nitrogen and oxygen atoms in total. The highest BCUT2D eigenvalue weighted by Gasteiger charge is 2.35. The van der Waals surface area contributed by atoms with E-state index in [0.29, 0.717) is 18.2 Å². The summed E-state index contributed by atoms with van der Waals surface area (Å²) in [6.45, 7) is 7.12. The molecule has 0 aliphatic carbocycles. The van der Waals surface area contributed by atoms with Crippen molar-refractivity contribution in [3.63, 3.8) is 0 Å². The van der Waals surface area contributed by atoms with Crippen molar-refractivity contribution in [2.75, 3.05) is 20.3 Å². The molecule has 166 valence electrons. The molecule has 2 aromatic carbocycles. The number of benzene rings is 2. The minimum atomic E-state index is -0.515. The molecule has 1 unspecified atom stereocenters. The average molecular weight is 443 g/mol. The largest absolute Gasteiger partial charge is 0.499 e. The Bertz CT molecular complexity index is 879. The van der Waals surface area contributed by atoms with Gasteiger partial charge in [0.2, 0.25) is 0 Å². The van der Waals surface area contributed by atoms with Crippen LogP contribution in [-0.4, -0.2) is 20.3 Å². The molecule has 3 atom stereocenters. The van der Waals surface area contributed by atoms with E-state index in [1.807, 2.05) is 49.4 Å². The smallest absolute Gasteiger partial charge is 0.186 e. The van der Waals surface area contributed by atoms with E-state index in [9.17, 15) is 0 Å². The van der Waals surface area contributed by atoms with Gasteiger partial charge >= 0.3 is 0 Å². The summed E-state index contributed by atoms with van der Waals surface area (Å²) in [6.07, 6.45) is 6.23. The van der Waals surface area contributed by atoms with Crippen molar-refractivity contribution in [2.24, 2.45) is 5.92 Å². The van der Waals surface area contributed by atoms with Crippen molar-refractivity contribution in [2.45, 2.75) is 38.6 Å². The number of hydrogen-bond donors (Lipinski definition) is 0. The van der Waals surface area contributed by atoms with E-state index in [-0.39, 0.29) is 12.0 Å². The first-order valence-electron chi connectivity index (χ1n) is 10.7. The summed E-state index contributed by atoms with van der Waals surface area (Å²) in [7, 11) is 1.68. The Labute approximate surface area is 190 Å². The van der Waals surface area contributed by atoms with Crippen molar-refractivity contribution in [1.82, 2.24) is 0 Å². The number of halogens is 1. The molecule has 0 saturated carbocycles. The fraction of sp³-hybridized carbons (Fsp3) is 0.385. The van der Waals surface area contributed by atoms with Gasteiger partial charge in [-0.25, -0.2) is 0 Å². The zero-order chi connectivity index (χ0) is 22.1. The van der Waals surface area contributed by atoms with Crippen molar-refractivity contribution in [1.29, 1.82) is 0 Å². The van der Waals surface area contributed by atoms with Crippen LogP contribution in [-0.2, 0) is 14.2 Å². The van der Waals surface area contributed by atoms with Gasteiger partial charge in [0.05, 0.1) is 32.2 Å². The van der Waals surface area contributed by atoms with Crippen LogP contribution in [0, 0.1) is 5.92 Å². The molecular weight excluding hydrogens is 412 g/mol. The van der Waals surface area contributed by atoms with E-state index in [1.54, 1.807) is 7.11 Å². The summed E-state index contributed by atoms with van der Waals surface area (Å²) in [4.78, 5) is 0. The maximum atomic E-state index is 6.47. The van der Waals surface area contributed by atoms with E-state index in [1.165, 1.54) is 0 Å². The van der Waals surface area contributed by atoms with Crippen LogP contribution in [0.1, 0.15) is 49.7 Å². The first-order chi connectivity index (χ1) is 15.1. The molecule has 0 aromatic heterocycles. The summed E-state index contributed by atoms with van der Waals surface area (Å²) >= 11 is 6.40. The summed E-state index contributed by atoms with van der Waals surface area (Å²) in [6, 6.07) is 15.6. The minimum Gasteiger partial charge on any atom is -0.499 e. The molecule has 3 rings (SSSR count). The molecule has 0 radical (unpaired) electrons. The second-order valence-electron chi connectivity index (χ2n) is 7.46. The number of methoxy groups -OCH3 is 1. The van der Waals surface area contributed by atoms with Crippen molar-refractivity contribution >= 4 is 11.6 Å². The van der Waals surface area contributed by atoms with Gasteiger partial charge < -0.3 is 18.9 Å². The molecule has 0 spiro atoms. The van der Waals surface area contributed by atoms with Crippen molar-refractivity contribution < 1.29 is 18.9 Å². The Morgan fingerprint density at radius 3 is 2.61 bits per heavy atom. The lowest BCUT2D eigenvalue weighted by molar-refractivity contribution is -0.244. The summed E-state index contributed by atoms with van der Waals surface area (Å²) in [5.41, 5.74) is 1.86. The van der Waals surface area contributed by atoms with E-state index in [0.717, 1.165) is 41.9 Å². The summed E-state index contributed by atoms with van der Waals surface area (Å²) < 4.78 is 23.6. The Kier molecular flexibility index (Phi) is 9.01. The lowest BCUT2D eigenvalue weighted by Gasteiger charge is -2.37. The highest BCUT2D eigenvalue weighted by molar-refractivity contribution is 6.31. The van der Waals surface area contributed by atoms with Gasteiger partial charge in [-0.3, -0.25) is 0 Å². The predicted octanol–water partition coefficient (Wildman–Crippen LogP) is 7.03. The van der Waals surface area contributed by atoms with Gasteiger partial charge in [0.1, 0.15) is 5.75 Å². The zero-order valence-electron chi connectivity index (χ0n) is 18.3. The van der Waals surface area contributed by atoms with E-state index < -0.39 is 6.29 Å². The van der Waals surface area contributed by atoms with Crippen LogP contribution in [0.25, 0.3) is 0 Å². The Hall–Kier alpha value is -2.27. The fourth-order valence-electron chi connectivity index (χ4n) is 3.74. The topological polar surface area (TPSA) is 36.9 Å². The van der Waals surface area contributed by atoms with Crippen LogP contribution in [0.3, 0.4) is 0 Å². The highest BCUT2D eigenvalue weighted by Crippen LogP contribution is 2.43. The minimum absolute atomic E-state index is 0.154. The molecule has 1 aliphatic heterocycles. The van der Waals surface area contributed by atoms with Gasteiger partial charge in [-0.2, -0.15) is 0 Å². The average Bonchev–Trinajstić information content (AvgIpc) is 2.79. The first-order valence-corrected chi connectivity index (χ1v) is 11.1. The molecular formula is C26H31ClO4. The lowest BCUT2D eigenvalue weighted by Crippen LogP contribution is -2.30. The number of para-hydroxylation sites is 1. The normalized spacial score (nSPS) is 21.2. The predicted molar refractivity (Wildman–Crippen MR) is 124 cm³/mol. The van der Waals surface area contributed by atoms with Crippen LogP contribution in [0.15, 0.2) is 73.0 Å². The lowest BCUT2D eigenvalue weighted by atomic mass is 9.91. The Morgan fingerprint density at radius 1 is 1.13 bits per heavy atom. The molecule has 0 bridgehead atoms. The standard InChI is InChI=1S/C26H31ClO4/c1-4-29-19(2)12-6-5-7-13-20-18-30-26(21-14-8-10-16-23(21)27)31-25(20)22-15-9-11-17-24(22)28-3/h5,7-11,14-17,20,25-26H,2,4,6,12-13,18H2,1,3H3/b7-5-/t20-,25+,26?/m1/s1. The molecule has 5 heteroatoms. The van der Waals surface area contributed by atoms with E-state index >= 15 is 0 Å². The quantitative estimate of drug-likeness (QED) is 0.292. The molecule has 2 aromatic rings. The maximum Gasteiger partial charge on any atom is 0.186 e. The van der Waals surface area contributed by atoms with Crippen LogP contribution >= 0.6 is 11.6 Å². The number of rotatable bonds is 10. The molecule has 1 saturated heterocycles. The Morgan fingerprint density at radius 2 is 1.87 bits per heavy atom. The van der Waals surface area contributed by atoms with Gasteiger partial charge in [0.15, 0.2) is 6.29 Å². The van der Waals surface area contributed by atoms with Crippen LogP contribution in [0.2, 0.25) is 5.02 Å². The Balaban J connectivity index is 1.74. The fourth-order valence-corrected chi connectivity index (χ4v) is 3.97. The number of allylic oxidation sites excluding steroid dienone is 3. The summed E-state index contributed by atoms with van der Waals surface area (Å²) in [5, 5.41) is 0.638.